The van der Waals surface area contributed by atoms with Crippen molar-refractivity contribution in [3.05, 3.63) is 34.2 Å². The van der Waals surface area contributed by atoms with Gasteiger partial charge in [-0.25, -0.2) is 4.68 Å². The lowest BCUT2D eigenvalue weighted by molar-refractivity contribution is 0.473. The van der Waals surface area contributed by atoms with Crippen molar-refractivity contribution in [2.75, 3.05) is 11.6 Å². The number of nitrogens with zero attached hydrogens (tertiary/aromatic N) is 2. The van der Waals surface area contributed by atoms with E-state index < -0.39 is 0 Å². The zero-order valence-corrected chi connectivity index (χ0v) is 13.2. The number of rotatable bonds is 5. The molecule has 0 bridgehead atoms. The first kappa shape index (κ1) is 15.4. The van der Waals surface area contributed by atoms with Crippen molar-refractivity contribution in [1.29, 1.82) is 0 Å². The van der Waals surface area contributed by atoms with Crippen LogP contribution in [0.25, 0.3) is 0 Å². The molecule has 20 heavy (non-hydrogen) atoms. The Morgan fingerprint density at radius 2 is 2.45 bits per heavy atom. The van der Waals surface area contributed by atoms with Gasteiger partial charge in [0, 0.05) is 11.3 Å². The van der Waals surface area contributed by atoms with E-state index in [1.54, 1.807) is 12.3 Å². The molecule has 2 unspecified atom stereocenters. The van der Waals surface area contributed by atoms with E-state index in [4.69, 9.17) is 11.6 Å². The quantitative estimate of drug-likeness (QED) is 0.848. The number of hydrogen-bond donors (Lipinski definition) is 1. The zero-order valence-electron chi connectivity index (χ0n) is 11.6. The van der Waals surface area contributed by atoms with Crippen LogP contribution in [0.5, 0.6) is 0 Å². The highest BCUT2D eigenvalue weighted by Gasteiger charge is 2.22. The number of nitrogens with one attached hydrogen (secondary N) is 1. The van der Waals surface area contributed by atoms with Crippen LogP contribution in [-0.4, -0.2) is 27.3 Å². The minimum absolute atomic E-state index is 0.216. The van der Waals surface area contributed by atoms with E-state index in [1.807, 2.05) is 11.8 Å². The van der Waals surface area contributed by atoms with Gasteiger partial charge in [0.2, 0.25) is 0 Å². The Morgan fingerprint density at radius 1 is 1.65 bits per heavy atom. The van der Waals surface area contributed by atoms with Gasteiger partial charge in [-0.2, -0.15) is 16.9 Å². The molecule has 0 aromatic carbocycles. The van der Waals surface area contributed by atoms with Crippen molar-refractivity contribution in [2.45, 2.75) is 43.5 Å². The molecule has 0 radical (unpaired) electrons. The Hall–Kier alpha value is -0.940. The number of aromatic nitrogens is 2. The molecule has 1 N–H and O–H groups in total. The maximum atomic E-state index is 12.0. The summed E-state index contributed by atoms with van der Waals surface area (Å²) >= 11 is 8.06. The first-order chi connectivity index (χ1) is 9.65. The molecule has 1 saturated carbocycles. The van der Waals surface area contributed by atoms with Crippen molar-refractivity contribution < 1.29 is 0 Å². The fourth-order valence-electron chi connectivity index (χ4n) is 2.53. The second-order valence-electron chi connectivity index (χ2n) is 5.01. The summed E-state index contributed by atoms with van der Waals surface area (Å²) < 4.78 is 1.31. The molecule has 110 valence electrons. The van der Waals surface area contributed by atoms with Crippen molar-refractivity contribution in [3.8, 4) is 0 Å². The average Bonchev–Trinajstić information content (AvgIpc) is 2.47. The summed E-state index contributed by atoms with van der Waals surface area (Å²) in [4.78, 5) is 12.0. The molecule has 1 aromatic heterocycles. The summed E-state index contributed by atoms with van der Waals surface area (Å²) in [5.74, 6) is 0. The van der Waals surface area contributed by atoms with Gasteiger partial charge in [-0.1, -0.05) is 24.1 Å². The molecule has 1 fully saturated rings. The number of hydrogen-bond acceptors (Lipinski definition) is 4. The van der Waals surface area contributed by atoms with E-state index in [2.05, 4.69) is 23.3 Å². The molecule has 1 aliphatic rings. The van der Waals surface area contributed by atoms with Gasteiger partial charge in [-0.05, 0) is 25.5 Å². The van der Waals surface area contributed by atoms with Crippen molar-refractivity contribution in [3.63, 3.8) is 0 Å². The third-order valence-electron chi connectivity index (χ3n) is 3.61. The molecule has 0 aliphatic heterocycles. The molecule has 2 rings (SSSR count). The van der Waals surface area contributed by atoms with Crippen molar-refractivity contribution in [2.24, 2.45) is 0 Å². The van der Waals surface area contributed by atoms with Crippen LogP contribution in [0.2, 0.25) is 5.02 Å². The van der Waals surface area contributed by atoms with Gasteiger partial charge in [0.05, 0.1) is 18.4 Å². The predicted octanol–water partition coefficient (Wildman–Crippen LogP) is 3.17. The zero-order chi connectivity index (χ0) is 14.5. The number of halogens is 1. The highest BCUT2D eigenvalue weighted by molar-refractivity contribution is 7.99. The minimum atomic E-state index is -0.270. The highest BCUT2D eigenvalue weighted by atomic mass is 35.5. The molecule has 2 atom stereocenters. The molecule has 1 heterocycles. The van der Waals surface area contributed by atoms with Gasteiger partial charge in [-0.15, -0.1) is 6.58 Å². The van der Waals surface area contributed by atoms with Crippen LogP contribution in [0.4, 0.5) is 5.69 Å². The molecule has 1 aliphatic carbocycles. The van der Waals surface area contributed by atoms with E-state index >= 15 is 0 Å². The maximum Gasteiger partial charge on any atom is 0.287 e. The summed E-state index contributed by atoms with van der Waals surface area (Å²) in [6.45, 7) is 3.97. The van der Waals surface area contributed by atoms with Crippen LogP contribution < -0.4 is 10.9 Å². The van der Waals surface area contributed by atoms with E-state index in [0.29, 0.717) is 23.5 Å². The summed E-state index contributed by atoms with van der Waals surface area (Å²) in [6.07, 6.45) is 10.1. The van der Waals surface area contributed by atoms with Gasteiger partial charge in [-0.3, -0.25) is 4.79 Å². The van der Waals surface area contributed by atoms with Gasteiger partial charge in [0.15, 0.2) is 0 Å². The third kappa shape index (κ3) is 3.58. The molecule has 0 saturated heterocycles. The highest BCUT2D eigenvalue weighted by Crippen LogP contribution is 2.29. The number of allylic oxidation sites excluding steroid dienone is 1. The largest absolute Gasteiger partial charge is 0.380 e. The minimum Gasteiger partial charge on any atom is -0.380 e. The normalized spacial score (nSPS) is 22.5. The summed E-state index contributed by atoms with van der Waals surface area (Å²) in [5, 5.41) is 8.40. The Morgan fingerprint density at radius 3 is 3.15 bits per heavy atom. The predicted molar refractivity (Wildman–Crippen MR) is 86.9 cm³/mol. The van der Waals surface area contributed by atoms with Crippen LogP contribution in [0.1, 0.15) is 25.7 Å². The second-order valence-corrected chi connectivity index (χ2v) is 6.53. The van der Waals surface area contributed by atoms with Gasteiger partial charge >= 0.3 is 0 Å². The Kier molecular flexibility index (Phi) is 5.54. The first-order valence-corrected chi connectivity index (χ1v) is 8.48. The summed E-state index contributed by atoms with van der Waals surface area (Å²) in [5.41, 5.74) is 0.373. The molecule has 4 nitrogen and oxygen atoms in total. The smallest absolute Gasteiger partial charge is 0.287 e. The molecule has 0 spiro atoms. The molecular formula is C14H20ClN3OS. The van der Waals surface area contributed by atoms with Gasteiger partial charge < -0.3 is 5.32 Å². The Labute approximate surface area is 128 Å². The van der Waals surface area contributed by atoms with Crippen LogP contribution >= 0.6 is 23.4 Å². The van der Waals surface area contributed by atoms with Crippen LogP contribution in [0, 0.1) is 0 Å². The van der Waals surface area contributed by atoms with Crippen LogP contribution in [-0.2, 0) is 6.54 Å². The van der Waals surface area contributed by atoms with Crippen molar-refractivity contribution in [1.82, 2.24) is 9.78 Å². The van der Waals surface area contributed by atoms with Crippen molar-refractivity contribution >= 4 is 29.1 Å². The summed E-state index contributed by atoms with van der Waals surface area (Å²) in [6, 6.07) is 0.371. The monoisotopic (exact) mass is 313 g/mol. The Bertz CT molecular complexity index is 532. The molecular weight excluding hydrogens is 294 g/mol. The number of thioether (sulfide) groups is 1. The van der Waals surface area contributed by atoms with Gasteiger partial charge in [0.25, 0.3) is 5.56 Å². The Balaban J connectivity index is 2.11. The van der Waals surface area contributed by atoms with E-state index in [1.165, 1.54) is 17.5 Å². The average molecular weight is 314 g/mol. The van der Waals surface area contributed by atoms with E-state index in [0.717, 1.165) is 12.8 Å². The molecule has 1 aromatic rings. The lowest BCUT2D eigenvalue weighted by atomic mass is 9.95. The fourth-order valence-corrected chi connectivity index (χ4v) is 3.56. The standard InChI is InChI=1S/C14H20ClN3OS/c1-3-7-18-14(19)13(15)12(9-16-18)17-10-5-4-6-11(8-10)20-2/h3,9-11,17H,1,4-8H2,2H3. The van der Waals surface area contributed by atoms with Crippen LogP contribution in [0.3, 0.4) is 0 Å². The van der Waals surface area contributed by atoms with Crippen LogP contribution in [0.15, 0.2) is 23.6 Å². The van der Waals surface area contributed by atoms with E-state index in [-0.39, 0.29) is 10.6 Å². The third-order valence-corrected chi connectivity index (χ3v) is 5.07. The number of anilines is 1. The SMILES string of the molecule is C=CCn1ncc(NC2CCCC(SC)C2)c(Cl)c1=O. The second kappa shape index (κ2) is 7.18. The maximum absolute atomic E-state index is 12.0. The topological polar surface area (TPSA) is 46.9 Å². The van der Waals surface area contributed by atoms with E-state index in [9.17, 15) is 4.79 Å². The fraction of sp³-hybridized carbons (Fsp3) is 0.571. The molecule has 6 heteroatoms. The summed E-state index contributed by atoms with van der Waals surface area (Å²) in [7, 11) is 0. The lowest BCUT2D eigenvalue weighted by Crippen LogP contribution is -2.30. The first-order valence-electron chi connectivity index (χ1n) is 6.81. The lowest BCUT2D eigenvalue weighted by Gasteiger charge is -2.29. The van der Waals surface area contributed by atoms with Gasteiger partial charge in [0.1, 0.15) is 5.02 Å². The molecule has 0 amide bonds.